The van der Waals surface area contributed by atoms with Gasteiger partial charge in [0.05, 0.1) is 17.3 Å². The van der Waals surface area contributed by atoms with Crippen molar-refractivity contribution in [2.75, 3.05) is 19.0 Å². The van der Waals surface area contributed by atoms with E-state index < -0.39 is 5.91 Å². The van der Waals surface area contributed by atoms with Gasteiger partial charge in [-0.2, -0.15) is 5.26 Å². The van der Waals surface area contributed by atoms with Gasteiger partial charge in [-0.1, -0.05) is 12.1 Å². The molecule has 0 aliphatic rings. The lowest BCUT2D eigenvalue weighted by molar-refractivity contribution is -0.112. The zero-order valence-electron chi connectivity index (χ0n) is 18.6. The van der Waals surface area contributed by atoms with Crippen molar-refractivity contribution in [2.45, 2.75) is 13.5 Å². The van der Waals surface area contributed by atoms with Crippen LogP contribution in [0.15, 0.2) is 66.2 Å². The van der Waals surface area contributed by atoms with Crippen LogP contribution < -0.4 is 19.5 Å². The number of methoxy groups -OCH3 is 1. The number of hydrogen-bond acceptors (Lipinski definition) is 5. The van der Waals surface area contributed by atoms with E-state index >= 15 is 0 Å². The van der Waals surface area contributed by atoms with E-state index in [2.05, 4.69) is 27.9 Å². The second kappa shape index (κ2) is 12.0. The first-order chi connectivity index (χ1) is 16.4. The normalized spacial score (nSPS) is 10.9. The third-order valence-electron chi connectivity index (χ3n) is 4.62. The highest BCUT2D eigenvalue weighted by Crippen LogP contribution is 2.35. The quantitative estimate of drug-likeness (QED) is 0.195. The SMILES string of the molecule is CCOc1ccc(NC(=O)/C(C#N)=C\c2cc(I)c(OCc3cccc(F)c3)c(OC)c2)cc1. The van der Waals surface area contributed by atoms with Crippen LogP contribution in [0.1, 0.15) is 18.1 Å². The van der Waals surface area contributed by atoms with Crippen LogP contribution in [0, 0.1) is 20.7 Å². The van der Waals surface area contributed by atoms with E-state index in [9.17, 15) is 14.4 Å². The molecule has 174 valence electrons. The minimum absolute atomic E-state index is 0.0693. The maximum Gasteiger partial charge on any atom is 0.266 e. The predicted octanol–water partition coefficient (Wildman–Crippen LogP) is 5.96. The summed E-state index contributed by atoms with van der Waals surface area (Å²) in [6, 6.07) is 18.4. The summed E-state index contributed by atoms with van der Waals surface area (Å²) in [6.07, 6.45) is 1.48. The lowest BCUT2D eigenvalue weighted by atomic mass is 10.1. The van der Waals surface area contributed by atoms with Crippen molar-refractivity contribution in [3.63, 3.8) is 0 Å². The molecule has 0 heterocycles. The van der Waals surface area contributed by atoms with Gasteiger partial charge in [0.15, 0.2) is 11.5 Å². The molecular weight excluding hydrogens is 550 g/mol. The number of benzene rings is 3. The van der Waals surface area contributed by atoms with Crippen molar-refractivity contribution in [3.05, 3.63) is 86.8 Å². The highest BCUT2D eigenvalue weighted by atomic mass is 127. The van der Waals surface area contributed by atoms with Gasteiger partial charge in [-0.25, -0.2) is 4.39 Å². The Hall–Kier alpha value is -3.58. The van der Waals surface area contributed by atoms with Gasteiger partial charge in [-0.3, -0.25) is 4.79 Å². The third kappa shape index (κ3) is 6.71. The molecule has 0 aromatic heterocycles. The summed E-state index contributed by atoms with van der Waals surface area (Å²) in [5, 5.41) is 12.3. The summed E-state index contributed by atoms with van der Waals surface area (Å²) in [7, 11) is 1.50. The van der Waals surface area contributed by atoms with Crippen LogP contribution in [-0.4, -0.2) is 19.6 Å². The summed E-state index contributed by atoms with van der Waals surface area (Å²) in [6.45, 7) is 2.59. The fourth-order valence-electron chi connectivity index (χ4n) is 3.06. The number of carbonyl (C=O) groups excluding carboxylic acids is 1. The zero-order valence-corrected chi connectivity index (χ0v) is 20.8. The minimum atomic E-state index is -0.535. The first-order valence-electron chi connectivity index (χ1n) is 10.3. The largest absolute Gasteiger partial charge is 0.494 e. The molecule has 0 unspecified atom stereocenters. The van der Waals surface area contributed by atoms with Gasteiger partial charge >= 0.3 is 0 Å². The maximum absolute atomic E-state index is 13.4. The molecule has 0 saturated carbocycles. The molecule has 6 nitrogen and oxygen atoms in total. The highest BCUT2D eigenvalue weighted by Gasteiger charge is 2.14. The van der Waals surface area contributed by atoms with E-state index in [1.165, 1.54) is 25.3 Å². The molecule has 0 fully saturated rings. The molecule has 3 rings (SSSR count). The second-order valence-corrected chi connectivity index (χ2v) is 8.20. The van der Waals surface area contributed by atoms with Crippen LogP contribution in [0.2, 0.25) is 0 Å². The predicted molar refractivity (Wildman–Crippen MR) is 136 cm³/mol. The molecule has 3 aromatic rings. The molecule has 0 aliphatic carbocycles. The number of rotatable bonds is 9. The Bertz CT molecular complexity index is 1240. The van der Waals surface area contributed by atoms with Crippen LogP contribution in [0.4, 0.5) is 10.1 Å². The monoisotopic (exact) mass is 572 g/mol. The number of nitrogens with zero attached hydrogens (tertiary/aromatic N) is 1. The van der Waals surface area contributed by atoms with E-state index in [1.54, 1.807) is 48.5 Å². The summed E-state index contributed by atoms with van der Waals surface area (Å²) >= 11 is 2.09. The Balaban J connectivity index is 1.77. The molecule has 0 saturated heterocycles. The second-order valence-electron chi connectivity index (χ2n) is 7.03. The molecule has 1 N–H and O–H groups in total. The first-order valence-corrected chi connectivity index (χ1v) is 11.4. The van der Waals surface area contributed by atoms with Gasteiger partial charge < -0.3 is 19.5 Å². The number of carbonyl (C=O) groups is 1. The molecule has 34 heavy (non-hydrogen) atoms. The van der Waals surface area contributed by atoms with Crippen molar-refractivity contribution in [1.82, 2.24) is 0 Å². The smallest absolute Gasteiger partial charge is 0.266 e. The zero-order chi connectivity index (χ0) is 24.5. The number of nitrogens with one attached hydrogen (secondary N) is 1. The van der Waals surface area contributed by atoms with Gasteiger partial charge in [0.25, 0.3) is 5.91 Å². The maximum atomic E-state index is 13.4. The number of anilines is 1. The van der Waals surface area contributed by atoms with Gasteiger partial charge in [0.2, 0.25) is 0 Å². The van der Waals surface area contributed by atoms with Crippen molar-refractivity contribution in [3.8, 4) is 23.3 Å². The standard InChI is InChI=1S/C26H22FIN2O4/c1-3-33-22-9-7-21(8-10-22)30-26(31)19(15-29)11-18-13-23(28)25(24(14-18)32-2)34-16-17-5-4-6-20(27)12-17/h4-14H,3,16H2,1-2H3,(H,30,31)/b19-11-. The van der Waals surface area contributed by atoms with Gasteiger partial charge in [-0.05, 0) is 95.2 Å². The Labute approximate surface area is 211 Å². The minimum Gasteiger partial charge on any atom is -0.494 e. The Morgan fingerprint density at radius 2 is 1.91 bits per heavy atom. The summed E-state index contributed by atoms with van der Waals surface area (Å²) < 4.78 is 30.8. The molecule has 0 aliphatic heterocycles. The van der Waals surface area contributed by atoms with Crippen molar-refractivity contribution < 1.29 is 23.4 Å². The Morgan fingerprint density at radius 3 is 2.56 bits per heavy atom. The Morgan fingerprint density at radius 1 is 1.15 bits per heavy atom. The average molecular weight is 572 g/mol. The number of nitriles is 1. The molecule has 8 heteroatoms. The molecule has 0 radical (unpaired) electrons. The summed E-state index contributed by atoms with van der Waals surface area (Å²) in [5.74, 6) is 0.737. The number of hydrogen-bond donors (Lipinski definition) is 1. The van der Waals surface area contributed by atoms with E-state index in [1.807, 2.05) is 13.0 Å². The number of ether oxygens (including phenoxy) is 3. The lowest BCUT2D eigenvalue weighted by Gasteiger charge is -2.14. The van der Waals surface area contributed by atoms with Gasteiger partial charge in [0, 0.05) is 5.69 Å². The van der Waals surface area contributed by atoms with E-state index in [0.29, 0.717) is 44.2 Å². The topological polar surface area (TPSA) is 80.6 Å². The molecule has 3 aromatic carbocycles. The number of amides is 1. The Kier molecular flexibility index (Phi) is 8.87. The molecule has 0 spiro atoms. The molecular formula is C26H22FIN2O4. The van der Waals surface area contributed by atoms with E-state index in [4.69, 9.17) is 14.2 Å². The van der Waals surface area contributed by atoms with Crippen molar-refractivity contribution >= 4 is 40.3 Å². The molecule has 1 amide bonds. The van der Waals surface area contributed by atoms with Crippen LogP contribution >= 0.6 is 22.6 Å². The van der Waals surface area contributed by atoms with E-state index in [-0.39, 0.29) is 18.0 Å². The van der Waals surface area contributed by atoms with Crippen LogP contribution in [0.5, 0.6) is 17.2 Å². The lowest BCUT2D eigenvalue weighted by Crippen LogP contribution is -2.13. The first kappa shape index (κ1) is 25.1. The fourth-order valence-corrected chi connectivity index (χ4v) is 3.84. The third-order valence-corrected chi connectivity index (χ3v) is 5.42. The van der Waals surface area contributed by atoms with Gasteiger partial charge in [0.1, 0.15) is 29.8 Å². The van der Waals surface area contributed by atoms with Crippen LogP contribution in [0.3, 0.4) is 0 Å². The van der Waals surface area contributed by atoms with Crippen molar-refractivity contribution in [1.29, 1.82) is 5.26 Å². The molecule has 0 atom stereocenters. The average Bonchev–Trinajstić information content (AvgIpc) is 2.83. The van der Waals surface area contributed by atoms with Crippen molar-refractivity contribution in [2.24, 2.45) is 0 Å². The molecule has 0 bridgehead atoms. The van der Waals surface area contributed by atoms with Crippen LogP contribution in [-0.2, 0) is 11.4 Å². The van der Waals surface area contributed by atoms with Gasteiger partial charge in [-0.15, -0.1) is 0 Å². The summed E-state index contributed by atoms with van der Waals surface area (Å²) in [4.78, 5) is 12.6. The number of halogens is 2. The van der Waals surface area contributed by atoms with E-state index in [0.717, 1.165) is 0 Å². The van der Waals surface area contributed by atoms with Crippen LogP contribution in [0.25, 0.3) is 6.08 Å². The highest BCUT2D eigenvalue weighted by molar-refractivity contribution is 14.1. The summed E-state index contributed by atoms with van der Waals surface area (Å²) in [5.41, 5.74) is 1.75. The fraction of sp³-hybridized carbons (Fsp3) is 0.154.